The number of anilines is 1. The fourth-order valence-corrected chi connectivity index (χ4v) is 1.41. The first-order valence-corrected chi connectivity index (χ1v) is 5.69. The topological polar surface area (TPSA) is 108 Å². The number of rotatable bonds is 5. The lowest BCUT2D eigenvalue weighted by atomic mass is 10.2. The van der Waals surface area contributed by atoms with Gasteiger partial charge in [-0.25, -0.2) is 22.8 Å². The minimum atomic E-state index is -2.00. The van der Waals surface area contributed by atoms with E-state index in [0.29, 0.717) is 6.08 Å². The van der Waals surface area contributed by atoms with E-state index in [1.807, 2.05) is 5.32 Å². The Labute approximate surface area is 126 Å². The number of esters is 2. The Morgan fingerprint density at radius 1 is 1.22 bits per heavy atom. The molecule has 1 aromatic rings. The number of hydrogen-bond acceptors (Lipinski definition) is 7. The quantitative estimate of drug-likeness (QED) is 0.287. The van der Waals surface area contributed by atoms with Crippen molar-refractivity contribution in [2.45, 2.75) is 0 Å². The molecule has 124 valence electrons. The van der Waals surface area contributed by atoms with E-state index in [1.165, 1.54) is 0 Å². The number of nitrogens with zero attached hydrogens (tertiary/aromatic N) is 1. The predicted molar refractivity (Wildman–Crippen MR) is 68.7 cm³/mol. The van der Waals surface area contributed by atoms with E-state index in [1.54, 1.807) is 0 Å². The number of benzene rings is 1. The van der Waals surface area contributed by atoms with Crippen LogP contribution < -0.4 is 5.32 Å². The molecule has 0 saturated carbocycles. The van der Waals surface area contributed by atoms with Crippen LogP contribution in [0.4, 0.5) is 24.5 Å². The molecule has 0 aromatic heterocycles. The zero-order valence-corrected chi connectivity index (χ0v) is 11.7. The molecule has 0 aliphatic heterocycles. The van der Waals surface area contributed by atoms with E-state index in [2.05, 4.69) is 9.47 Å². The molecule has 0 unspecified atom stereocenters. The third-order valence-corrected chi connectivity index (χ3v) is 2.47. The van der Waals surface area contributed by atoms with Crippen LogP contribution in [0.3, 0.4) is 0 Å². The Balaban J connectivity index is 3.47. The second kappa shape index (κ2) is 7.24. The maximum Gasteiger partial charge on any atom is 0.354 e. The molecule has 0 aliphatic carbocycles. The maximum absolute atomic E-state index is 13.8. The van der Waals surface area contributed by atoms with E-state index in [0.717, 1.165) is 14.2 Å². The summed E-state index contributed by atoms with van der Waals surface area (Å²) in [5.41, 5.74) is -3.14. The summed E-state index contributed by atoms with van der Waals surface area (Å²) in [5, 5.41) is 12.7. The molecule has 8 nitrogen and oxygen atoms in total. The van der Waals surface area contributed by atoms with Crippen molar-refractivity contribution in [2.24, 2.45) is 0 Å². The van der Waals surface area contributed by atoms with Crippen LogP contribution in [0.15, 0.2) is 17.8 Å². The summed E-state index contributed by atoms with van der Waals surface area (Å²) in [6, 6.07) is 0.119. The van der Waals surface area contributed by atoms with Crippen molar-refractivity contribution in [3.05, 3.63) is 45.4 Å². The number of ether oxygens (including phenoxy) is 2. The lowest BCUT2D eigenvalue weighted by molar-refractivity contribution is -0.384. The van der Waals surface area contributed by atoms with Gasteiger partial charge in [-0.2, -0.15) is 0 Å². The number of nitro benzene ring substituents is 1. The van der Waals surface area contributed by atoms with Crippen LogP contribution in [-0.2, 0) is 19.1 Å². The van der Waals surface area contributed by atoms with Gasteiger partial charge < -0.3 is 14.8 Å². The average molecular weight is 334 g/mol. The van der Waals surface area contributed by atoms with Crippen molar-refractivity contribution < 1.29 is 37.2 Å². The summed E-state index contributed by atoms with van der Waals surface area (Å²) in [6.07, 6.45) is 0.496. The highest BCUT2D eigenvalue weighted by atomic mass is 19.2. The van der Waals surface area contributed by atoms with E-state index < -0.39 is 51.4 Å². The average Bonchev–Trinajstić information content (AvgIpc) is 2.52. The molecular formula is C12H9F3N2O6. The lowest BCUT2D eigenvalue weighted by Crippen LogP contribution is -2.17. The fraction of sp³-hybridized carbons (Fsp3) is 0.167. The van der Waals surface area contributed by atoms with Crippen molar-refractivity contribution in [2.75, 3.05) is 19.5 Å². The molecule has 0 atom stereocenters. The molecule has 23 heavy (non-hydrogen) atoms. The number of nitrogens with one attached hydrogen (secondary N) is 1. The number of carbonyl (C=O) groups excluding carboxylic acids is 2. The summed E-state index contributed by atoms with van der Waals surface area (Å²) < 4.78 is 48.6. The van der Waals surface area contributed by atoms with E-state index in [4.69, 9.17) is 0 Å². The van der Waals surface area contributed by atoms with Crippen molar-refractivity contribution in [3.8, 4) is 0 Å². The van der Waals surface area contributed by atoms with Gasteiger partial charge in [-0.3, -0.25) is 10.1 Å². The van der Waals surface area contributed by atoms with Crippen molar-refractivity contribution >= 4 is 23.3 Å². The monoisotopic (exact) mass is 334 g/mol. The SMILES string of the molecule is COC(=O)/C=C(/Nc1c([N+](=O)[O-])cc(F)c(F)c1F)C(=O)OC. The number of carbonyl (C=O) groups is 2. The van der Waals surface area contributed by atoms with Crippen LogP contribution in [0.2, 0.25) is 0 Å². The van der Waals surface area contributed by atoms with Gasteiger partial charge in [0.05, 0.1) is 31.3 Å². The Kier molecular flexibility index (Phi) is 5.65. The molecule has 0 saturated heterocycles. The maximum atomic E-state index is 13.8. The van der Waals surface area contributed by atoms with Crippen LogP contribution in [0.25, 0.3) is 0 Å². The largest absolute Gasteiger partial charge is 0.466 e. The predicted octanol–water partition coefficient (Wildman–Crippen LogP) is 1.65. The number of methoxy groups -OCH3 is 2. The van der Waals surface area contributed by atoms with Gasteiger partial charge in [-0.05, 0) is 0 Å². The van der Waals surface area contributed by atoms with Crippen LogP contribution >= 0.6 is 0 Å². The molecule has 0 spiro atoms. The van der Waals surface area contributed by atoms with Gasteiger partial charge in [0.1, 0.15) is 5.70 Å². The normalized spacial score (nSPS) is 10.9. The molecule has 1 rings (SSSR count). The van der Waals surface area contributed by atoms with Gasteiger partial charge >= 0.3 is 11.9 Å². The third kappa shape index (κ3) is 3.96. The minimum absolute atomic E-state index is 0.119. The molecule has 0 heterocycles. The Morgan fingerprint density at radius 2 is 1.83 bits per heavy atom. The molecule has 11 heteroatoms. The Bertz CT molecular complexity index is 705. The molecule has 0 bridgehead atoms. The van der Waals surface area contributed by atoms with Crippen LogP contribution in [0.1, 0.15) is 0 Å². The fourth-order valence-electron chi connectivity index (χ4n) is 1.41. The summed E-state index contributed by atoms with van der Waals surface area (Å²) in [4.78, 5) is 32.3. The summed E-state index contributed by atoms with van der Waals surface area (Å²) >= 11 is 0. The summed E-state index contributed by atoms with van der Waals surface area (Å²) in [5.74, 6) is -8.05. The lowest BCUT2D eigenvalue weighted by Gasteiger charge is -2.11. The smallest absolute Gasteiger partial charge is 0.354 e. The number of hydrogen-bond donors (Lipinski definition) is 1. The van der Waals surface area contributed by atoms with Gasteiger partial charge in [-0.1, -0.05) is 0 Å². The van der Waals surface area contributed by atoms with Gasteiger partial charge in [0.25, 0.3) is 5.69 Å². The highest BCUT2D eigenvalue weighted by molar-refractivity contribution is 5.99. The number of halogens is 3. The summed E-state index contributed by atoms with van der Waals surface area (Å²) in [6.45, 7) is 0. The Hall–Kier alpha value is -3.11. The van der Waals surface area contributed by atoms with Gasteiger partial charge in [0.15, 0.2) is 23.1 Å². The molecule has 1 aromatic carbocycles. The van der Waals surface area contributed by atoms with Crippen molar-refractivity contribution in [3.63, 3.8) is 0 Å². The highest BCUT2D eigenvalue weighted by Crippen LogP contribution is 2.32. The second-order valence-electron chi connectivity index (χ2n) is 3.84. The van der Waals surface area contributed by atoms with Crippen LogP contribution in [0, 0.1) is 27.6 Å². The first kappa shape index (κ1) is 17.9. The molecule has 0 radical (unpaired) electrons. The highest BCUT2D eigenvalue weighted by Gasteiger charge is 2.28. The van der Waals surface area contributed by atoms with Crippen LogP contribution in [0.5, 0.6) is 0 Å². The van der Waals surface area contributed by atoms with Gasteiger partial charge in [0, 0.05) is 0 Å². The van der Waals surface area contributed by atoms with Crippen molar-refractivity contribution in [1.82, 2.24) is 0 Å². The third-order valence-electron chi connectivity index (χ3n) is 2.47. The summed E-state index contributed by atoms with van der Waals surface area (Å²) in [7, 11) is 1.87. The molecule has 0 amide bonds. The standard InChI is InChI=1S/C12H9F3N2O6/c1-22-8(18)4-6(12(19)23-2)16-11-7(17(20)21)3-5(13)9(14)10(11)15/h3-4,16H,1-2H3/b6-4+. The van der Waals surface area contributed by atoms with Crippen molar-refractivity contribution in [1.29, 1.82) is 0 Å². The molecule has 0 fully saturated rings. The second-order valence-corrected chi connectivity index (χ2v) is 3.84. The molecule has 1 N–H and O–H groups in total. The van der Waals surface area contributed by atoms with Gasteiger partial charge in [-0.15, -0.1) is 0 Å². The molecule has 0 aliphatic rings. The Morgan fingerprint density at radius 3 is 2.30 bits per heavy atom. The van der Waals surface area contributed by atoms with E-state index >= 15 is 0 Å². The zero-order chi connectivity index (χ0) is 17.7. The molecular weight excluding hydrogens is 325 g/mol. The first-order valence-electron chi connectivity index (χ1n) is 5.69. The van der Waals surface area contributed by atoms with Crippen LogP contribution in [-0.4, -0.2) is 31.1 Å². The number of nitro groups is 1. The van der Waals surface area contributed by atoms with E-state index in [9.17, 15) is 32.9 Å². The zero-order valence-electron chi connectivity index (χ0n) is 11.7. The minimum Gasteiger partial charge on any atom is -0.466 e. The van der Waals surface area contributed by atoms with E-state index in [-0.39, 0.29) is 6.07 Å². The first-order chi connectivity index (χ1) is 10.7. The van der Waals surface area contributed by atoms with Gasteiger partial charge in [0.2, 0.25) is 0 Å².